The summed E-state index contributed by atoms with van der Waals surface area (Å²) in [4.78, 5) is 17.9. The molecule has 150 valence electrons. The second kappa shape index (κ2) is 10.2. The highest BCUT2D eigenvalue weighted by molar-refractivity contribution is 5.92. The van der Waals surface area contributed by atoms with Crippen molar-refractivity contribution < 1.29 is 9.53 Å². The number of hydrogen-bond acceptors (Lipinski definition) is 4. The summed E-state index contributed by atoms with van der Waals surface area (Å²) in [7, 11) is 0. The molecular weight excluding hydrogens is 350 g/mol. The minimum absolute atomic E-state index is 0.372. The van der Waals surface area contributed by atoms with E-state index >= 15 is 0 Å². The molecule has 0 spiro atoms. The summed E-state index contributed by atoms with van der Waals surface area (Å²) in [6, 6.07) is 12.2. The quantitative estimate of drug-likeness (QED) is 0.691. The summed E-state index contributed by atoms with van der Waals surface area (Å²) < 4.78 is 5.75. The summed E-state index contributed by atoms with van der Waals surface area (Å²) >= 11 is 0. The van der Waals surface area contributed by atoms with E-state index in [1.807, 2.05) is 12.1 Å². The summed E-state index contributed by atoms with van der Waals surface area (Å²) in [6.07, 6.45) is 10.6. The number of rotatable bonds is 9. The molecule has 1 aromatic heterocycles. The molecule has 0 unspecified atom stereocenters. The standard InChI is InChI=1S/C23H31N3O2/c1-2-15-26(20-6-4-3-5-7-20)16-14-18-8-11-21(12-9-18)28-22-13-10-19(17-25-22)23(24)27/h8-13,17,20H,2-7,14-16H2,1H3,(H2,24,27). The lowest BCUT2D eigenvalue weighted by atomic mass is 9.93. The molecule has 0 atom stereocenters. The maximum absolute atomic E-state index is 11.1. The Labute approximate surface area is 167 Å². The van der Waals surface area contributed by atoms with Gasteiger partial charge in [0.1, 0.15) is 5.75 Å². The van der Waals surface area contributed by atoms with Gasteiger partial charge >= 0.3 is 0 Å². The maximum Gasteiger partial charge on any atom is 0.250 e. The molecule has 2 N–H and O–H groups in total. The number of primary amides is 1. The van der Waals surface area contributed by atoms with Crippen molar-refractivity contribution in [2.24, 2.45) is 5.73 Å². The third-order valence-corrected chi connectivity index (χ3v) is 5.46. The number of amides is 1. The van der Waals surface area contributed by atoms with Crippen LogP contribution in [-0.2, 0) is 6.42 Å². The van der Waals surface area contributed by atoms with Gasteiger partial charge in [-0.1, -0.05) is 38.3 Å². The molecule has 5 nitrogen and oxygen atoms in total. The van der Waals surface area contributed by atoms with Crippen molar-refractivity contribution in [2.45, 2.75) is 57.9 Å². The first-order valence-electron chi connectivity index (χ1n) is 10.4. The molecular formula is C23H31N3O2. The molecule has 2 aromatic rings. The van der Waals surface area contributed by atoms with Crippen molar-refractivity contribution in [1.82, 2.24) is 9.88 Å². The average Bonchev–Trinajstić information content (AvgIpc) is 2.73. The van der Waals surface area contributed by atoms with Crippen molar-refractivity contribution in [3.63, 3.8) is 0 Å². The molecule has 5 heteroatoms. The Morgan fingerprint density at radius 3 is 2.46 bits per heavy atom. The van der Waals surface area contributed by atoms with Crippen molar-refractivity contribution in [2.75, 3.05) is 13.1 Å². The Morgan fingerprint density at radius 2 is 1.86 bits per heavy atom. The van der Waals surface area contributed by atoms with Crippen LogP contribution in [0.3, 0.4) is 0 Å². The normalized spacial score (nSPS) is 14.9. The maximum atomic E-state index is 11.1. The lowest BCUT2D eigenvalue weighted by molar-refractivity contribution is 0.1000. The molecule has 0 bridgehead atoms. The van der Waals surface area contributed by atoms with E-state index in [2.05, 4.69) is 28.9 Å². The topological polar surface area (TPSA) is 68.5 Å². The van der Waals surface area contributed by atoms with E-state index in [1.165, 1.54) is 56.8 Å². The van der Waals surface area contributed by atoms with Crippen LogP contribution in [0, 0.1) is 0 Å². The number of aromatic nitrogens is 1. The Bertz CT molecular complexity index is 737. The number of carbonyl (C=O) groups is 1. The Hall–Kier alpha value is -2.40. The summed E-state index contributed by atoms with van der Waals surface area (Å²) in [5.41, 5.74) is 6.92. The van der Waals surface area contributed by atoms with E-state index in [0.29, 0.717) is 11.4 Å². The summed E-state index contributed by atoms with van der Waals surface area (Å²) in [5, 5.41) is 0. The van der Waals surface area contributed by atoms with Crippen LogP contribution in [0.5, 0.6) is 11.6 Å². The van der Waals surface area contributed by atoms with Crippen LogP contribution in [0.1, 0.15) is 61.4 Å². The van der Waals surface area contributed by atoms with Crippen LogP contribution in [0.4, 0.5) is 0 Å². The first-order valence-corrected chi connectivity index (χ1v) is 10.4. The van der Waals surface area contributed by atoms with E-state index in [-0.39, 0.29) is 0 Å². The fourth-order valence-electron chi connectivity index (χ4n) is 3.91. The second-order valence-corrected chi connectivity index (χ2v) is 7.57. The van der Waals surface area contributed by atoms with Crippen molar-refractivity contribution in [3.8, 4) is 11.6 Å². The number of carbonyl (C=O) groups excluding carboxylic acids is 1. The van der Waals surface area contributed by atoms with Crippen molar-refractivity contribution in [1.29, 1.82) is 0 Å². The first kappa shape index (κ1) is 20.3. The van der Waals surface area contributed by atoms with Crippen LogP contribution in [0.2, 0.25) is 0 Å². The number of nitrogens with zero attached hydrogens (tertiary/aromatic N) is 2. The van der Waals surface area contributed by atoms with Gasteiger partial charge in [-0.2, -0.15) is 0 Å². The van der Waals surface area contributed by atoms with E-state index in [0.717, 1.165) is 24.8 Å². The van der Waals surface area contributed by atoms with E-state index in [9.17, 15) is 4.79 Å². The van der Waals surface area contributed by atoms with Crippen molar-refractivity contribution >= 4 is 5.91 Å². The van der Waals surface area contributed by atoms with Gasteiger partial charge in [0, 0.05) is 24.8 Å². The lowest BCUT2D eigenvalue weighted by Crippen LogP contribution is -2.38. The summed E-state index contributed by atoms with van der Waals surface area (Å²) in [5.74, 6) is 0.693. The van der Waals surface area contributed by atoms with Gasteiger partial charge in [0.05, 0.1) is 5.56 Å². The van der Waals surface area contributed by atoms with Gasteiger partial charge in [-0.05, 0) is 56.0 Å². The molecule has 0 saturated heterocycles. The fourth-order valence-corrected chi connectivity index (χ4v) is 3.91. The number of pyridine rings is 1. The van der Waals surface area contributed by atoms with Gasteiger partial charge in [0.15, 0.2) is 0 Å². The molecule has 1 aliphatic rings. The minimum atomic E-state index is -0.492. The van der Waals surface area contributed by atoms with Gasteiger partial charge in [-0.25, -0.2) is 4.98 Å². The molecule has 1 saturated carbocycles. The second-order valence-electron chi connectivity index (χ2n) is 7.57. The van der Waals surface area contributed by atoms with Crippen molar-refractivity contribution in [3.05, 3.63) is 53.7 Å². The number of nitrogens with two attached hydrogens (primary N) is 1. The smallest absolute Gasteiger partial charge is 0.250 e. The molecule has 1 aromatic carbocycles. The zero-order chi connectivity index (χ0) is 19.8. The third-order valence-electron chi connectivity index (χ3n) is 5.46. The number of hydrogen-bond donors (Lipinski definition) is 1. The average molecular weight is 382 g/mol. The molecule has 1 heterocycles. The highest BCUT2D eigenvalue weighted by Crippen LogP contribution is 2.24. The largest absolute Gasteiger partial charge is 0.439 e. The van der Waals surface area contributed by atoms with E-state index < -0.39 is 5.91 Å². The minimum Gasteiger partial charge on any atom is -0.439 e. The van der Waals surface area contributed by atoms with Crippen LogP contribution in [-0.4, -0.2) is 34.9 Å². The van der Waals surface area contributed by atoms with Crippen LogP contribution >= 0.6 is 0 Å². The molecule has 0 aliphatic heterocycles. The molecule has 1 aliphatic carbocycles. The highest BCUT2D eigenvalue weighted by Gasteiger charge is 2.20. The molecule has 1 amide bonds. The number of benzene rings is 1. The predicted octanol–water partition coefficient (Wildman–Crippen LogP) is 4.56. The third kappa shape index (κ3) is 5.80. The number of ether oxygens (including phenoxy) is 1. The Kier molecular flexibility index (Phi) is 7.43. The highest BCUT2D eigenvalue weighted by atomic mass is 16.5. The fraction of sp³-hybridized carbons (Fsp3) is 0.478. The van der Waals surface area contributed by atoms with E-state index in [4.69, 9.17) is 10.5 Å². The van der Waals surface area contributed by atoms with Gasteiger partial charge in [-0.15, -0.1) is 0 Å². The Morgan fingerprint density at radius 1 is 1.11 bits per heavy atom. The van der Waals surface area contributed by atoms with Crippen LogP contribution in [0.25, 0.3) is 0 Å². The SMILES string of the molecule is CCCN(CCc1ccc(Oc2ccc(C(N)=O)cn2)cc1)C1CCCCC1. The van der Waals surface area contributed by atoms with Gasteiger partial charge < -0.3 is 15.4 Å². The lowest BCUT2D eigenvalue weighted by Gasteiger charge is -2.34. The zero-order valence-electron chi connectivity index (χ0n) is 16.8. The predicted molar refractivity (Wildman–Crippen MR) is 112 cm³/mol. The molecule has 1 fully saturated rings. The molecule has 28 heavy (non-hydrogen) atoms. The van der Waals surface area contributed by atoms with Crippen LogP contribution in [0.15, 0.2) is 42.6 Å². The molecule has 3 rings (SSSR count). The summed E-state index contributed by atoms with van der Waals surface area (Å²) in [6.45, 7) is 4.58. The van der Waals surface area contributed by atoms with Crippen LogP contribution < -0.4 is 10.5 Å². The first-order chi connectivity index (χ1) is 13.7. The molecule has 0 radical (unpaired) electrons. The van der Waals surface area contributed by atoms with E-state index in [1.54, 1.807) is 12.1 Å². The van der Waals surface area contributed by atoms with Gasteiger partial charge in [-0.3, -0.25) is 4.79 Å². The monoisotopic (exact) mass is 381 g/mol. The zero-order valence-corrected chi connectivity index (χ0v) is 16.8. The van der Waals surface area contributed by atoms with Gasteiger partial charge in [0.25, 0.3) is 0 Å². The Balaban J connectivity index is 1.53. The van der Waals surface area contributed by atoms with Gasteiger partial charge in [0.2, 0.25) is 11.8 Å².